The van der Waals surface area contributed by atoms with E-state index in [1.54, 1.807) is 12.1 Å². The van der Waals surface area contributed by atoms with Crippen molar-refractivity contribution in [1.29, 1.82) is 0 Å². The molecule has 2 aromatic heterocycles. The maximum absolute atomic E-state index is 13.5. The summed E-state index contributed by atoms with van der Waals surface area (Å²) >= 11 is 0.931. The zero-order valence-corrected chi connectivity index (χ0v) is 14.7. The molecule has 3 rings (SSSR count). The molecule has 12 heteroatoms. The Balaban J connectivity index is 1.44. The average molecular weight is 412 g/mol. The van der Waals surface area contributed by atoms with Crippen LogP contribution in [0.25, 0.3) is 11.7 Å². The standard InChI is InChI=1S/C16H11F3N4O4S/c17-8-3-4-9(14(19)13(8)18)21-11(24)6-20-12(25)7-28-16-23-22-15(27-16)10-2-1-5-26-10/h1-5H,6-7H2,(H,20,25)(H,21,24). The quantitative estimate of drug-likeness (QED) is 0.453. The van der Waals surface area contributed by atoms with E-state index >= 15 is 0 Å². The highest BCUT2D eigenvalue weighted by atomic mass is 32.2. The van der Waals surface area contributed by atoms with Gasteiger partial charge in [0.05, 0.1) is 24.2 Å². The van der Waals surface area contributed by atoms with Gasteiger partial charge in [-0.25, -0.2) is 13.2 Å². The van der Waals surface area contributed by atoms with Crippen molar-refractivity contribution in [3.63, 3.8) is 0 Å². The highest BCUT2D eigenvalue weighted by molar-refractivity contribution is 7.99. The van der Waals surface area contributed by atoms with Crippen molar-refractivity contribution < 1.29 is 31.6 Å². The summed E-state index contributed by atoms with van der Waals surface area (Å²) in [6.45, 7) is -0.501. The summed E-state index contributed by atoms with van der Waals surface area (Å²) in [7, 11) is 0. The molecule has 2 amide bonds. The Bertz CT molecular complexity index is 994. The Morgan fingerprint density at radius 2 is 1.89 bits per heavy atom. The number of anilines is 1. The Labute approximate surface area is 159 Å². The van der Waals surface area contributed by atoms with Crippen LogP contribution < -0.4 is 10.6 Å². The number of carbonyl (C=O) groups excluding carboxylic acids is 2. The van der Waals surface area contributed by atoms with Crippen LogP contribution in [0, 0.1) is 17.5 Å². The molecule has 28 heavy (non-hydrogen) atoms. The van der Waals surface area contributed by atoms with Crippen molar-refractivity contribution in [3.8, 4) is 11.7 Å². The van der Waals surface area contributed by atoms with Crippen molar-refractivity contribution in [2.75, 3.05) is 17.6 Å². The number of rotatable bonds is 7. The molecule has 0 aliphatic rings. The normalized spacial score (nSPS) is 10.7. The molecule has 0 aliphatic heterocycles. The van der Waals surface area contributed by atoms with E-state index < -0.39 is 41.5 Å². The molecule has 0 atom stereocenters. The van der Waals surface area contributed by atoms with Gasteiger partial charge in [0, 0.05) is 0 Å². The minimum atomic E-state index is -1.70. The zero-order valence-electron chi connectivity index (χ0n) is 13.9. The summed E-state index contributed by atoms with van der Waals surface area (Å²) in [5, 5.41) is 11.9. The summed E-state index contributed by atoms with van der Waals surface area (Å²) in [5.41, 5.74) is -0.538. The Morgan fingerprint density at radius 3 is 2.64 bits per heavy atom. The van der Waals surface area contributed by atoms with Crippen LogP contribution in [-0.2, 0) is 9.59 Å². The number of nitrogens with zero attached hydrogens (tertiary/aromatic N) is 2. The molecule has 0 unspecified atom stereocenters. The summed E-state index contributed by atoms with van der Waals surface area (Å²) in [6.07, 6.45) is 1.44. The first-order valence-electron chi connectivity index (χ1n) is 7.64. The fourth-order valence-corrected chi connectivity index (χ4v) is 2.53. The number of aromatic nitrogens is 2. The second-order valence-electron chi connectivity index (χ2n) is 5.19. The lowest BCUT2D eigenvalue weighted by atomic mass is 10.2. The second-order valence-corrected chi connectivity index (χ2v) is 6.11. The highest BCUT2D eigenvalue weighted by Gasteiger charge is 2.16. The zero-order chi connectivity index (χ0) is 20.1. The lowest BCUT2D eigenvalue weighted by molar-refractivity contribution is -0.122. The van der Waals surface area contributed by atoms with Crippen LogP contribution in [0.1, 0.15) is 0 Å². The summed E-state index contributed by atoms with van der Waals surface area (Å²) < 4.78 is 49.8. The molecule has 8 nitrogen and oxygen atoms in total. The van der Waals surface area contributed by atoms with Gasteiger partial charge >= 0.3 is 0 Å². The van der Waals surface area contributed by atoms with Gasteiger partial charge in [-0.05, 0) is 24.3 Å². The topological polar surface area (TPSA) is 110 Å². The molecule has 0 saturated heterocycles. The smallest absolute Gasteiger partial charge is 0.284 e. The van der Waals surface area contributed by atoms with Crippen molar-refractivity contribution in [2.45, 2.75) is 5.22 Å². The van der Waals surface area contributed by atoms with Crippen LogP contribution in [0.4, 0.5) is 18.9 Å². The number of nitrogens with one attached hydrogen (secondary N) is 2. The van der Waals surface area contributed by atoms with Gasteiger partial charge in [0.1, 0.15) is 0 Å². The predicted molar refractivity (Wildman–Crippen MR) is 90.7 cm³/mol. The van der Waals surface area contributed by atoms with Gasteiger partial charge in [0.25, 0.3) is 11.1 Å². The van der Waals surface area contributed by atoms with E-state index in [-0.39, 0.29) is 16.9 Å². The van der Waals surface area contributed by atoms with Crippen LogP contribution in [0.15, 0.2) is 44.6 Å². The fraction of sp³-hybridized carbons (Fsp3) is 0.125. The van der Waals surface area contributed by atoms with Crippen molar-refractivity contribution in [1.82, 2.24) is 15.5 Å². The Kier molecular flexibility index (Phi) is 5.99. The largest absolute Gasteiger partial charge is 0.459 e. The van der Waals surface area contributed by atoms with E-state index in [0.29, 0.717) is 11.8 Å². The third-order valence-electron chi connectivity index (χ3n) is 3.22. The molecular formula is C16H11F3N4O4S. The number of hydrogen-bond acceptors (Lipinski definition) is 7. The van der Waals surface area contributed by atoms with E-state index in [2.05, 4.69) is 15.5 Å². The van der Waals surface area contributed by atoms with Gasteiger partial charge in [0.2, 0.25) is 11.8 Å². The van der Waals surface area contributed by atoms with E-state index in [1.165, 1.54) is 6.26 Å². The monoisotopic (exact) mass is 412 g/mol. The fourth-order valence-electron chi connectivity index (χ4n) is 1.94. The molecule has 1 aromatic carbocycles. The third-order valence-corrected chi connectivity index (χ3v) is 4.04. The van der Waals surface area contributed by atoms with Gasteiger partial charge < -0.3 is 19.5 Å². The number of furan rings is 1. The molecule has 0 aliphatic carbocycles. The number of benzene rings is 1. The minimum Gasteiger partial charge on any atom is -0.459 e. The average Bonchev–Trinajstić information content (AvgIpc) is 3.36. The molecule has 2 heterocycles. The van der Waals surface area contributed by atoms with Gasteiger partial charge in [-0.2, -0.15) is 0 Å². The van der Waals surface area contributed by atoms with Crippen LogP contribution in [-0.4, -0.2) is 34.3 Å². The van der Waals surface area contributed by atoms with Crippen LogP contribution >= 0.6 is 11.8 Å². The van der Waals surface area contributed by atoms with Gasteiger partial charge in [-0.1, -0.05) is 11.8 Å². The molecule has 0 spiro atoms. The molecule has 146 valence electrons. The van der Waals surface area contributed by atoms with E-state index in [9.17, 15) is 22.8 Å². The number of halogens is 3. The molecule has 0 radical (unpaired) electrons. The predicted octanol–water partition coefficient (Wildman–Crippen LogP) is 2.59. The van der Waals surface area contributed by atoms with Gasteiger partial charge in [0.15, 0.2) is 23.2 Å². The van der Waals surface area contributed by atoms with Crippen LogP contribution in [0.3, 0.4) is 0 Å². The molecule has 3 aromatic rings. The van der Waals surface area contributed by atoms with E-state index in [4.69, 9.17) is 8.83 Å². The Hall–Kier alpha value is -3.28. The third kappa shape index (κ3) is 4.71. The Morgan fingerprint density at radius 1 is 1.07 bits per heavy atom. The summed E-state index contributed by atoms with van der Waals surface area (Å²) in [5.74, 6) is -5.56. The molecule has 0 bridgehead atoms. The summed E-state index contributed by atoms with van der Waals surface area (Å²) in [4.78, 5) is 23.5. The minimum absolute atomic E-state index is 0.120. The van der Waals surface area contributed by atoms with E-state index in [0.717, 1.165) is 17.8 Å². The van der Waals surface area contributed by atoms with Crippen molar-refractivity contribution in [2.24, 2.45) is 0 Å². The van der Waals surface area contributed by atoms with E-state index in [1.807, 2.05) is 5.32 Å². The maximum Gasteiger partial charge on any atom is 0.284 e. The first-order chi connectivity index (χ1) is 13.4. The molecule has 0 fully saturated rings. The summed E-state index contributed by atoms with van der Waals surface area (Å²) in [6, 6.07) is 4.82. The van der Waals surface area contributed by atoms with Gasteiger partial charge in [-0.15, -0.1) is 10.2 Å². The number of thioether (sulfide) groups is 1. The molecular weight excluding hydrogens is 401 g/mol. The van der Waals surface area contributed by atoms with Crippen LogP contribution in [0.5, 0.6) is 0 Å². The molecule has 2 N–H and O–H groups in total. The number of hydrogen-bond donors (Lipinski definition) is 2. The lowest BCUT2D eigenvalue weighted by Crippen LogP contribution is -2.34. The van der Waals surface area contributed by atoms with Crippen molar-refractivity contribution in [3.05, 3.63) is 48.0 Å². The van der Waals surface area contributed by atoms with Gasteiger partial charge in [-0.3, -0.25) is 9.59 Å². The first-order valence-corrected chi connectivity index (χ1v) is 8.63. The second kappa shape index (κ2) is 8.61. The highest BCUT2D eigenvalue weighted by Crippen LogP contribution is 2.23. The first kappa shape index (κ1) is 19.5. The maximum atomic E-state index is 13.5. The van der Waals surface area contributed by atoms with Crippen LogP contribution in [0.2, 0.25) is 0 Å². The van der Waals surface area contributed by atoms with Crippen molar-refractivity contribution >= 4 is 29.3 Å². The lowest BCUT2D eigenvalue weighted by Gasteiger charge is -2.08. The SMILES string of the molecule is O=C(CSc1nnc(-c2ccco2)o1)NCC(=O)Nc1ccc(F)c(F)c1F. The number of carbonyl (C=O) groups is 2. The number of amides is 2. The molecule has 0 saturated carbocycles.